The van der Waals surface area contributed by atoms with E-state index in [0.29, 0.717) is 19.0 Å². The summed E-state index contributed by atoms with van der Waals surface area (Å²) in [4.78, 5) is 20.9. The summed E-state index contributed by atoms with van der Waals surface area (Å²) in [7, 11) is -3.74. The first-order valence-electron chi connectivity index (χ1n) is 12.2. The number of thiophene rings is 1. The Morgan fingerprint density at radius 3 is 2.82 bits per heavy atom. The lowest BCUT2D eigenvalue weighted by atomic mass is 10.1. The molecule has 0 aliphatic carbocycles. The minimum atomic E-state index is -3.74. The molecule has 4 aromatic heterocycles. The van der Waals surface area contributed by atoms with Crippen LogP contribution < -0.4 is 9.62 Å². The number of benzene rings is 1. The average Bonchev–Trinajstić information content (AvgIpc) is 3.56. The van der Waals surface area contributed by atoms with Gasteiger partial charge in [-0.3, -0.25) is 0 Å². The maximum absolute atomic E-state index is 12.7. The molecule has 0 atom stereocenters. The van der Waals surface area contributed by atoms with Crippen LogP contribution in [-0.2, 0) is 14.8 Å². The molecule has 12 heteroatoms. The molecule has 196 valence electrons. The van der Waals surface area contributed by atoms with Crippen LogP contribution in [-0.4, -0.2) is 72.9 Å². The minimum absolute atomic E-state index is 0.0425. The van der Waals surface area contributed by atoms with Gasteiger partial charge in [0.2, 0.25) is 10.0 Å². The van der Waals surface area contributed by atoms with E-state index in [9.17, 15) is 8.42 Å². The Balaban J connectivity index is 1.51. The number of morpholine rings is 1. The lowest BCUT2D eigenvalue weighted by molar-refractivity contribution is 0.122. The quantitative estimate of drug-likeness (QED) is 0.281. The van der Waals surface area contributed by atoms with Crippen molar-refractivity contribution in [3.63, 3.8) is 0 Å². The lowest BCUT2D eigenvalue weighted by Crippen LogP contribution is -2.36. The highest BCUT2D eigenvalue weighted by molar-refractivity contribution is 7.89. The summed E-state index contributed by atoms with van der Waals surface area (Å²) >= 11 is 1.56. The van der Waals surface area contributed by atoms with Gasteiger partial charge in [-0.25, -0.2) is 28.1 Å². The normalized spacial score (nSPS) is 14.5. The number of fused-ring (bicyclic) bond motifs is 2. The van der Waals surface area contributed by atoms with Crippen molar-refractivity contribution in [2.24, 2.45) is 0 Å². The summed E-state index contributed by atoms with van der Waals surface area (Å²) in [6.45, 7) is 4.37. The summed E-state index contributed by atoms with van der Waals surface area (Å²) in [5.41, 5.74) is 4.19. The predicted molar refractivity (Wildman–Crippen MR) is 148 cm³/mol. The molecule has 5 heterocycles. The zero-order valence-corrected chi connectivity index (χ0v) is 22.3. The molecular formula is C26H26N6O4S2. The van der Waals surface area contributed by atoms with Gasteiger partial charge in [0.1, 0.15) is 5.65 Å². The highest BCUT2D eigenvalue weighted by atomic mass is 32.2. The van der Waals surface area contributed by atoms with Crippen LogP contribution in [0.3, 0.4) is 0 Å². The number of sulfonamides is 1. The summed E-state index contributed by atoms with van der Waals surface area (Å²) in [5.74, 6) is 1.43. The number of aliphatic hydroxyl groups is 1. The molecule has 0 unspecified atom stereocenters. The van der Waals surface area contributed by atoms with Crippen LogP contribution in [0.4, 0.5) is 5.82 Å². The number of nitrogens with zero attached hydrogens (tertiary/aromatic N) is 4. The number of ether oxygens (including phenoxy) is 1. The van der Waals surface area contributed by atoms with Crippen molar-refractivity contribution in [1.82, 2.24) is 24.7 Å². The number of hydrogen-bond acceptors (Lipinski definition) is 9. The molecule has 1 saturated heterocycles. The zero-order valence-electron chi connectivity index (χ0n) is 20.6. The van der Waals surface area contributed by atoms with Crippen molar-refractivity contribution >= 4 is 48.4 Å². The molecule has 0 radical (unpaired) electrons. The Bertz CT molecular complexity index is 1740. The van der Waals surface area contributed by atoms with Crippen LogP contribution >= 0.6 is 11.3 Å². The maximum Gasteiger partial charge on any atom is 0.240 e. The third kappa shape index (κ3) is 4.54. The first-order chi connectivity index (χ1) is 18.4. The van der Waals surface area contributed by atoms with Crippen molar-refractivity contribution < 1.29 is 18.3 Å². The van der Waals surface area contributed by atoms with Gasteiger partial charge in [-0.15, -0.1) is 11.3 Å². The van der Waals surface area contributed by atoms with Gasteiger partial charge in [0.05, 0.1) is 34.9 Å². The van der Waals surface area contributed by atoms with Crippen LogP contribution in [0.5, 0.6) is 0 Å². The fraction of sp³-hybridized carbons (Fsp3) is 0.269. The van der Waals surface area contributed by atoms with Gasteiger partial charge < -0.3 is 19.7 Å². The zero-order chi connectivity index (χ0) is 26.3. The predicted octanol–water partition coefficient (Wildman–Crippen LogP) is 3.32. The molecule has 0 spiro atoms. The number of aryl methyl sites for hydroxylation is 1. The van der Waals surface area contributed by atoms with Gasteiger partial charge >= 0.3 is 0 Å². The van der Waals surface area contributed by atoms with Crippen molar-refractivity contribution in [3.8, 4) is 21.8 Å². The largest absolute Gasteiger partial charge is 0.395 e. The number of hydrogen-bond donors (Lipinski definition) is 3. The van der Waals surface area contributed by atoms with Gasteiger partial charge in [0.15, 0.2) is 11.6 Å². The van der Waals surface area contributed by atoms with E-state index in [2.05, 4.69) is 19.6 Å². The second kappa shape index (κ2) is 10.0. The first-order valence-corrected chi connectivity index (χ1v) is 14.5. The highest BCUT2D eigenvalue weighted by Crippen LogP contribution is 2.42. The third-order valence-corrected chi connectivity index (χ3v) is 9.31. The fourth-order valence-corrected chi connectivity index (χ4v) is 6.92. The molecule has 0 amide bonds. The first kappa shape index (κ1) is 24.9. The van der Waals surface area contributed by atoms with Crippen LogP contribution in [0.25, 0.3) is 43.1 Å². The van der Waals surface area contributed by atoms with Gasteiger partial charge in [-0.2, -0.15) is 0 Å². The number of anilines is 1. The van der Waals surface area contributed by atoms with E-state index in [1.807, 2.05) is 31.3 Å². The SMILES string of the molecule is Cc1c(-c2cccc(S(=O)(=O)NCCO)c2)sc2c(N3CCOCC3)nc(-c3cnc4[nH]ccc4c3)nc12. The van der Waals surface area contributed by atoms with Gasteiger partial charge in [-0.05, 0) is 42.3 Å². The third-order valence-electron chi connectivity index (χ3n) is 6.53. The number of rotatable bonds is 7. The molecule has 1 aliphatic heterocycles. The standard InChI is InChI=1S/C26H26N6O4S2/c1-16-21-23(37-22(16)17-3-2-4-20(14-17)38(34,35)29-7-10-33)26(32-8-11-36-12-9-32)31-25(30-21)19-13-18-5-6-27-24(18)28-15-19/h2-6,13-15,29,33H,7-12H2,1H3,(H,27,28). The molecule has 5 aromatic rings. The van der Waals surface area contributed by atoms with E-state index in [4.69, 9.17) is 19.8 Å². The molecule has 38 heavy (non-hydrogen) atoms. The number of H-pyrrole nitrogens is 1. The monoisotopic (exact) mass is 550 g/mol. The van der Waals surface area contributed by atoms with Crippen LogP contribution in [0.1, 0.15) is 5.56 Å². The van der Waals surface area contributed by atoms with E-state index in [1.165, 1.54) is 0 Å². The fourth-order valence-electron chi connectivity index (χ4n) is 4.60. The maximum atomic E-state index is 12.7. The van der Waals surface area contributed by atoms with Crippen LogP contribution in [0, 0.1) is 6.92 Å². The molecule has 10 nitrogen and oxygen atoms in total. The molecule has 1 aliphatic rings. The molecule has 6 rings (SSSR count). The molecule has 0 bridgehead atoms. The van der Waals surface area contributed by atoms with Gasteiger partial charge in [0.25, 0.3) is 0 Å². The van der Waals surface area contributed by atoms with Crippen molar-refractivity contribution in [3.05, 3.63) is 54.4 Å². The highest BCUT2D eigenvalue weighted by Gasteiger charge is 2.24. The van der Waals surface area contributed by atoms with Crippen LogP contribution in [0.2, 0.25) is 0 Å². The Labute approximate surface area is 223 Å². The Morgan fingerprint density at radius 2 is 2.00 bits per heavy atom. The van der Waals surface area contributed by atoms with E-state index in [0.717, 1.165) is 61.7 Å². The van der Waals surface area contributed by atoms with Crippen molar-refractivity contribution in [2.45, 2.75) is 11.8 Å². The molecule has 0 saturated carbocycles. The Kier molecular flexibility index (Phi) is 6.58. The summed E-state index contributed by atoms with van der Waals surface area (Å²) < 4.78 is 34.3. The van der Waals surface area contributed by atoms with E-state index in [-0.39, 0.29) is 18.0 Å². The number of nitrogens with one attached hydrogen (secondary N) is 2. The number of pyridine rings is 1. The van der Waals surface area contributed by atoms with Crippen molar-refractivity contribution in [2.75, 3.05) is 44.4 Å². The summed E-state index contributed by atoms with van der Waals surface area (Å²) in [6, 6.07) is 10.8. The topological polar surface area (TPSA) is 133 Å². The molecule has 3 N–H and O–H groups in total. The average molecular weight is 551 g/mol. The van der Waals surface area contributed by atoms with Gasteiger partial charge in [0, 0.05) is 47.9 Å². The number of aromatic nitrogens is 4. The number of aromatic amines is 1. The van der Waals surface area contributed by atoms with E-state index < -0.39 is 10.0 Å². The summed E-state index contributed by atoms with van der Waals surface area (Å²) in [5, 5.41) is 10.0. The summed E-state index contributed by atoms with van der Waals surface area (Å²) in [6.07, 6.45) is 3.63. The Morgan fingerprint density at radius 1 is 1.16 bits per heavy atom. The second-order valence-corrected chi connectivity index (χ2v) is 11.8. The Hall–Kier alpha value is -3.42. The smallest absolute Gasteiger partial charge is 0.240 e. The second-order valence-electron chi connectivity index (χ2n) is 8.99. The van der Waals surface area contributed by atoms with E-state index in [1.54, 1.807) is 35.7 Å². The van der Waals surface area contributed by atoms with E-state index >= 15 is 0 Å². The van der Waals surface area contributed by atoms with Crippen molar-refractivity contribution in [1.29, 1.82) is 0 Å². The lowest BCUT2D eigenvalue weighted by Gasteiger charge is -2.28. The minimum Gasteiger partial charge on any atom is -0.395 e. The van der Waals surface area contributed by atoms with Gasteiger partial charge in [-0.1, -0.05) is 12.1 Å². The van der Waals surface area contributed by atoms with Crippen LogP contribution in [0.15, 0.2) is 53.7 Å². The number of aliphatic hydroxyl groups excluding tert-OH is 1. The molecule has 1 fully saturated rings. The molecule has 1 aromatic carbocycles. The molecular weight excluding hydrogens is 524 g/mol.